The fraction of sp³-hybridized carbons (Fsp3) is 1.00. The highest BCUT2D eigenvalue weighted by Crippen LogP contribution is 2.39. The third kappa shape index (κ3) is 6.11. The van der Waals surface area contributed by atoms with Gasteiger partial charge in [0.05, 0.1) is 0 Å². The Morgan fingerprint density at radius 1 is 1.25 bits per heavy atom. The van der Waals surface area contributed by atoms with Crippen molar-refractivity contribution in [2.45, 2.75) is 46.0 Å². The van der Waals surface area contributed by atoms with Gasteiger partial charge in [-0.1, -0.05) is 26.7 Å². The van der Waals surface area contributed by atoms with Crippen LogP contribution in [-0.2, 0) is 0 Å². The Balaban J connectivity index is 2.53. The molecule has 1 rings (SSSR count). The molecular formula is C17H37N3. The Labute approximate surface area is 127 Å². The van der Waals surface area contributed by atoms with Crippen LogP contribution in [0.3, 0.4) is 0 Å². The van der Waals surface area contributed by atoms with E-state index >= 15 is 0 Å². The van der Waals surface area contributed by atoms with E-state index in [-0.39, 0.29) is 0 Å². The third-order valence-electron chi connectivity index (χ3n) is 4.82. The molecule has 0 heterocycles. The molecule has 0 amide bonds. The van der Waals surface area contributed by atoms with Gasteiger partial charge in [0, 0.05) is 13.1 Å². The van der Waals surface area contributed by atoms with Crippen molar-refractivity contribution in [3.63, 3.8) is 0 Å². The Morgan fingerprint density at radius 3 is 2.55 bits per heavy atom. The fourth-order valence-electron chi connectivity index (χ4n) is 3.94. The van der Waals surface area contributed by atoms with Gasteiger partial charge in [0.1, 0.15) is 0 Å². The zero-order valence-electron chi connectivity index (χ0n) is 14.5. The minimum absolute atomic E-state index is 0.514. The summed E-state index contributed by atoms with van der Waals surface area (Å²) in [6, 6.07) is 0. The van der Waals surface area contributed by atoms with Crippen LogP contribution < -0.4 is 5.32 Å². The van der Waals surface area contributed by atoms with Gasteiger partial charge in [-0.3, -0.25) is 0 Å². The maximum atomic E-state index is 3.47. The highest BCUT2D eigenvalue weighted by atomic mass is 15.1. The molecule has 3 heteroatoms. The molecule has 3 nitrogen and oxygen atoms in total. The van der Waals surface area contributed by atoms with Crippen molar-refractivity contribution in [3.05, 3.63) is 0 Å². The Hall–Kier alpha value is -0.120. The molecule has 120 valence electrons. The lowest BCUT2D eigenvalue weighted by Crippen LogP contribution is -2.46. The number of hydrogen-bond donors (Lipinski definition) is 1. The van der Waals surface area contributed by atoms with Crippen LogP contribution in [-0.4, -0.2) is 63.7 Å². The molecule has 20 heavy (non-hydrogen) atoms. The second-order valence-electron chi connectivity index (χ2n) is 7.26. The van der Waals surface area contributed by atoms with Crippen molar-refractivity contribution in [3.8, 4) is 0 Å². The maximum absolute atomic E-state index is 3.47. The summed E-state index contributed by atoms with van der Waals surface area (Å²) in [7, 11) is 6.45. The number of nitrogens with one attached hydrogen (secondary N) is 1. The van der Waals surface area contributed by atoms with Crippen LogP contribution in [0.1, 0.15) is 46.0 Å². The van der Waals surface area contributed by atoms with Crippen molar-refractivity contribution in [2.75, 3.05) is 53.9 Å². The average molecular weight is 284 g/mol. The zero-order valence-corrected chi connectivity index (χ0v) is 14.5. The summed E-state index contributed by atoms with van der Waals surface area (Å²) < 4.78 is 0. The quantitative estimate of drug-likeness (QED) is 0.702. The molecule has 0 aliphatic heterocycles. The Morgan fingerprint density at radius 2 is 2.00 bits per heavy atom. The first-order chi connectivity index (χ1) is 9.51. The molecule has 2 unspecified atom stereocenters. The monoisotopic (exact) mass is 283 g/mol. The molecule has 1 N–H and O–H groups in total. The van der Waals surface area contributed by atoms with Crippen molar-refractivity contribution >= 4 is 0 Å². The summed E-state index contributed by atoms with van der Waals surface area (Å²) in [5.74, 6) is 0.901. The average Bonchev–Trinajstić information content (AvgIpc) is 2.37. The van der Waals surface area contributed by atoms with Gasteiger partial charge in [0.15, 0.2) is 0 Å². The predicted molar refractivity (Wildman–Crippen MR) is 89.3 cm³/mol. The van der Waals surface area contributed by atoms with E-state index in [4.69, 9.17) is 0 Å². The van der Waals surface area contributed by atoms with E-state index < -0.39 is 0 Å². The molecule has 1 aliphatic carbocycles. The van der Waals surface area contributed by atoms with E-state index in [1.54, 1.807) is 0 Å². The number of hydrogen-bond acceptors (Lipinski definition) is 3. The first-order valence-electron chi connectivity index (χ1n) is 8.53. The van der Waals surface area contributed by atoms with Crippen molar-refractivity contribution in [1.82, 2.24) is 15.1 Å². The van der Waals surface area contributed by atoms with Crippen LogP contribution in [0.4, 0.5) is 0 Å². The Bertz CT molecular complexity index is 251. The minimum Gasteiger partial charge on any atom is -0.319 e. The molecule has 0 spiro atoms. The second-order valence-corrected chi connectivity index (χ2v) is 7.26. The Kier molecular flexibility index (Phi) is 8.08. The van der Waals surface area contributed by atoms with E-state index in [1.807, 2.05) is 0 Å². The lowest BCUT2D eigenvalue weighted by Gasteiger charge is -2.43. The van der Waals surface area contributed by atoms with Gasteiger partial charge in [0.25, 0.3) is 0 Å². The lowest BCUT2D eigenvalue weighted by molar-refractivity contribution is 0.0826. The van der Waals surface area contributed by atoms with Crippen molar-refractivity contribution in [1.29, 1.82) is 0 Å². The van der Waals surface area contributed by atoms with Crippen LogP contribution in [0.5, 0.6) is 0 Å². The van der Waals surface area contributed by atoms with Crippen molar-refractivity contribution in [2.24, 2.45) is 11.3 Å². The van der Waals surface area contributed by atoms with Crippen LogP contribution >= 0.6 is 0 Å². The van der Waals surface area contributed by atoms with Crippen LogP contribution in [0.25, 0.3) is 0 Å². The van der Waals surface area contributed by atoms with Gasteiger partial charge in [-0.2, -0.15) is 0 Å². The number of rotatable bonds is 9. The van der Waals surface area contributed by atoms with E-state index in [9.17, 15) is 0 Å². The van der Waals surface area contributed by atoms with Crippen LogP contribution in [0.2, 0.25) is 0 Å². The van der Waals surface area contributed by atoms with Crippen LogP contribution in [0, 0.1) is 11.3 Å². The molecule has 0 aromatic heterocycles. The molecule has 0 radical (unpaired) electrons. The fourth-order valence-corrected chi connectivity index (χ4v) is 3.94. The van der Waals surface area contributed by atoms with Gasteiger partial charge < -0.3 is 15.1 Å². The SMILES string of the molecule is CCN(CCCN(C)C)CC1(CNC)CCCC(C)C1. The van der Waals surface area contributed by atoms with Crippen molar-refractivity contribution < 1.29 is 0 Å². The normalized spacial score (nSPS) is 27.4. The molecule has 0 bridgehead atoms. The summed E-state index contributed by atoms with van der Waals surface area (Å²) in [5, 5.41) is 3.47. The van der Waals surface area contributed by atoms with Gasteiger partial charge in [-0.15, -0.1) is 0 Å². The molecule has 2 atom stereocenters. The predicted octanol–water partition coefficient (Wildman–Crippen LogP) is 2.68. The largest absolute Gasteiger partial charge is 0.319 e. The first kappa shape index (κ1) is 17.9. The molecule has 0 aromatic rings. The second kappa shape index (κ2) is 9.01. The van der Waals surface area contributed by atoms with Gasteiger partial charge in [0.2, 0.25) is 0 Å². The summed E-state index contributed by atoms with van der Waals surface area (Å²) in [4.78, 5) is 4.97. The summed E-state index contributed by atoms with van der Waals surface area (Å²) in [5.41, 5.74) is 0.514. The first-order valence-corrected chi connectivity index (χ1v) is 8.53. The van der Waals surface area contributed by atoms with E-state index in [0.29, 0.717) is 5.41 Å². The highest BCUT2D eigenvalue weighted by molar-refractivity contribution is 4.89. The standard InChI is InChI=1S/C17H37N3/c1-6-20(12-8-11-19(4)5)15-17(14-18-3)10-7-9-16(2)13-17/h16,18H,6-15H2,1-5H3. The molecular weight excluding hydrogens is 246 g/mol. The van der Waals surface area contributed by atoms with E-state index in [0.717, 1.165) is 5.92 Å². The summed E-state index contributed by atoms with van der Waals surface area (Å²) in [6.45, 7) is 10.8. The summed E-state index contributed by atoms with van der Waals surface area (Å²) in [6.07, 6.45) is 6.93. The summed E-state index contributed by atoms with van der Waals surface area (Å²) >= 11 is 0. The topological polar surface area (TPSA) is 18.5 Å². The number of nitrogens with zero attached hydrogens (tertiary/aromatic N) is 2. The van der Waals surface area contributed by atoms with Gasteiger partial charge >= 0.3 is 0 Å². The van der Waals surface area contributed by atoms with Crippen LogP contribution in [0.15, 0.2) is 0 Å². The maximum Gasteiger partial charge on any atom is 0.00501 e. The van der Waals surface area contributed by atoms with E-state index in [2.05, 4.69) is 50.1 Å². The molecule has 0 aromatic carbocycles. The highest BCUT2D eigenvalue weighted by Gasteiger charge is 2.35. The molecule has 1 aliphatic rings. The third-order valence-corrected chi connectivity index (χ3v) is 4.82. The van der Waals surface area contributed by atoms with E-state index in [1.165, 1.54) is 64.8 Å². The smallest absolute Gasteiger partial charge is 0.00501 e. The minimum atomic E-state index is 0.514. The molecule has 0 saturated heterocycles. The zero-order chi connectivity index (χ0) is 15.0. The van der Waals surface area contributed by atoms with Gasteiger partial charge in [-0.25, -0.2) is 0 Å². The lowest BCUT2D eigenvalue weighted by atomic mass is 9.69. The van der Waals surface area contributed by atoms with Gasteiger partial charge in [-0.05, 0) is 71.4 Å². The molecule has 1 fully saturated rings. The molecule has 1 saturated carbocycles.